The maximum Gasteiger partial charge on any atom is 0.302 e. The van der Waals surface area contributed by atoms with Crippen molar-refractivity contribution in [2.75, 3.05) is 6.61 Å². The second kappa shape index (κ2) is 6.73. The second-order valence-electron chi connectivity index (χ2n) is 6.71. The summed E-state index contributed by atoms with van der Waals surface area (Å²) < 4.78 is 5.03. The lowest BCUT2D eigenvalue weighted by molar-refractivity contribution is -0.141. The van der Waals surface area contributed by atoms with Crippen LogP contribution in [0.3, 0.4) is 0 Å². The van der Waals surface area contributed by atoms with Crippen molar-refractivity contribution in [1.82, 2.24) is 4.90 Å². The van der Waals surface area contributed by atoms with Gasteiger partial charge in [0.05, 0.1) is 6.61 Å². The number of hydrogen-bond donors (Lipinski definition) is 0. The SMILES string of the molecule is CC(=O)OCCCC1CC2c3ccccc3CCC2N1C(C)=O. The van der Waals surface area contributed by atoms with E-state index < -0.39 is 0 Å². The van der Waals surface area contributed by atoms with Crippen molar-refractivity contribution in [2.45, 2.75) is 64.0 Å². The van der Waals surface area contributed by atoms with Crippen LogP contribution in [0, 0.1) is 0 Å². The van der Waals surface area contributed by atoms with Crippen LogP contribution >= 0.6 is 0 Å². The van der Waals surface area contributed by atoms with Crippen molar-refractivity contribution in [3.05, 3.63) is 35.4 Å². The van der Waals surface area contributed by atoms with E-state index in [1.54, 1.807) is 6.92 Å². The van der Waals surface area contributed by atoms with Crippen molar-refractivity contribution in [1.29, 1.82) is 0 Å². The first kappa shape index (κ1) is 16.0. The first-order valence-corrected chi connectivity index (χ1v) is 8.58. The minimum atomic E-state index is -0.234. The second-order valence-corrected chi connectivity index (χ2v) is 6.71. The number of rotatable bonds is 4. The fourth-order valence-corrected chi connectivity index (χ4v) is 4.41. The largest absolute Gasteiger partial charge is 0.466 e. The number of aryl methyl sites for hydroxylation is 1. The molecule has 1 amide bonds. The summed E-state index contributed by atoms with van der Waals surface area (Å²) in [6, 6.07) is 9.26. The van der Waals surface area contributed by atoms with Gasteiger partial charge in [0.25, 0.3) is 0 Å². The molecule has 3 unspecified atom stereocenters. The Morgan fingerprint density at radius 2 is 2.04 bits per heavy atom. The van der Waals surface area contributed by atoms with Crippen LogP contribution in [0.25, 0.3) is 0 Å². The molecule has 2 aliphatic rings. The molecule has 1 aromatic carbocycles. The van der Waals surface area contributed by atoms with Crippen LogP contribution in [0.1, 0.15) is 56.6 Å². The minimum Gasteiger partial charge on any atom is -0.466 e. The molecule has 3 atom stereocenters. The predicted octanol–water partition coefficient (Wildman–Crippen LogP) is 3.05. The van der Waals surface area contributed by atoms with Gasteiger partial charge in [-0.25, -0.2) is 0 Å². The number of esters is 1. The Bertz CT molecular complexity index is 598. The van der Waals surface area contributed by atoms with E-state index in [-0.39, 0.29) is 17.9 Å². The lowest BCUT2D eigenvalue weighted by atomic mass is 9.79. The minimum absolute atomic E-state index is 0.175. The van der Waals surface area contributed by atoms with Gasteiger partial charge in [0.2, 0.25) is 5.91 Å². The number of fused-ring (bicyclic) bond motifs is 3. The molecule has 1 aliphatic heterocycles. The molecule has 23 heavy (non-hydrogen) atoms. The molecule has 1 aliphatic carbocycles. The highest BCUT2D eigenvalue weighted by Gasteiger charge is 2.44. The number of carbonyl (C=O) groups is 2. The number of benzene rings is 1. The maximum absolute atomic E-state index is 12.2. The lowest BCUT2D eigenvalue weighted by Crippen LogP contribution is -2.42. The highest BCUT2D eigenvalue weighted by atomic mass is 16.5. The van der Waals surface area contributed by atoms with Crippen molar-refractivity contribution < 1.29 is 14.3 Å². The van der Waals surface area contributed by atoms with Gasteiger partial charge in [-0.2, -0.15) is 0 Å². The highest BCUT2D eigenvalue weighted by Crippen LogP contribution is 2.45. The first-order chi connectivity index (χ1) is 11.1. The Kier molecular flexibility index (Phi) is 4.69. The maximum atomic E-state index is 12.2. The number of ether oxygens (including phenoxy) is 1. The summed E-state index contributed by atoms with van der Waals surface area (Å²) >= 11 is 0. The van der Waals surface area contributed by atoms with Gasteiger partial charge in [0.15, 0.2) is 0 Å². The van der Waals surface area contributed by atoms with Crippen molar-refractivity contribution in [2.24, 2.45) is 0 Å². The van der Waals surface area contributed by atoms with Gasteiger partial charge in [-0.05, 0) is 43.2 Å². The van der Waals surface area contributed by atoms with Crippen molar-refractivity contribution in [3.8, 4) is 0 Å². The molecular formula is C19H25NO3. The third kappa shape index (κ3) is 3.26. The zero-order valence-corrected chi connectivity index (χ0v) is 14.0. The number of nitrogens with zero attached hydrogens (tertiary/aromatic N) is 1. The smallest absolute Gasteiger partial charge is 0.302 e. The molecule has 0 aromatic heterocycles. The van der Waals surface area contributed by atoms with E-state index in [1.165, 1.54) is 18.1 Å². The quantitative estimate of drug-likeness (QED) is 0.634. The number of carbonyl (C=O) groups excluding carboxylic acids is 2. The molecule has 0 bridgehead atoms. The molecular weight excluding hydrogens is 290 g/mol. The van der Waals surface area contributed by atoms with Gasteiger partial charge in [0, 0.05) is 31.8 Å². The standard InChI is InChI=1S/C19H25NO3/c1-13(21)20-16(7-5-11-23-14(2)22)12-18-17-8-4-3-6-15(17)9-10-19(18)20/h3-4,6,8,16,18-19H,5,7,9-12H2,1-2H3. The highest BCUT2D eigenvalue weighted by molar-refractivity contribution is 5.75. The van der Waals surface area contributed by atoms with Crippen LogP contribution in [-0.2, 0) is 20.7 Å². The third-order valence-corrected chi connectivity index (χ3v) is 5.26. The van der Waals surface area contributed by atoms with E-state index in [9.17, 15) is 9.59 Å². The van der Waals surface area contributed by atoms with Crippen LogP contribution in [-0.4, -0.2) is 35.5 Å². The lowest BCUT2D eigenvalue weighted by Gasteiger charge is -2.34. The Morgan fingerprint density at radius 1 is 1.26 bits per heavy atom. The van der Waals surface area contributed by atoms with Crippen LogP contribution in [0.4, 0.5) is 0 Å². The predicted molar refractivity (Wildman–Crippen MR) is 88.1 cm³/mol. The van der Waals surface area contributed by atoms with Crippen LogP contribution < -0.4 is 0 Å². The topological polar surface area (TPSA) is 46.6 Å². The summed E-state index contributed by atoms with van der Waals surface area (Å²) in [4.78, 5) is 25.2. The molecule has 124 valence electrons. The normalized spacial score (nSPS) is 25.7. The molecule has 4 nitrogen and oxygen atoms in total. The van der Waals surface area contributed by atoms with Crippen LogP contribution in [0.15, 0.2) is 24.3 Å². The van der Waals surface area contributed by atoms with E-state index >= 15 is 0 Å². The molecule has 1 aromatic rings. The molecule has 0 spiro atoms. The van der Waals surface area contributed by atoms with Crippen LogP contribution in [0.2, 0.25) is 0 Å². The first-order valence-electron chi connectivity index (χ1n) is 8.58. The van der Waals surface area contributed by atoms with Crippen LogP contribution in [0.5, 0.6) is 0 Å². The van der Waals surface area contributed by atoms with Gasteiger partial charge in [-0.3, -0.25) is 9.59 Å². The number of amides is 1. The monoisotopic (exact) mass is 315 g/mol. The third-order valence-electron chi connectivity index (χ3n) is 5.26. The van der Waals surface area contributed by atoms with E-state index in [0.717, 1.165) is 32.1 Å². The summed E-state index contributed by atoms with van der Waals surface area (Å²) in [5, 5.41) is 0. The Balaban J connectivity index is 1.72. The zero-order valence-electron chi connectivity index (χ0n) is 14.0. The summed E-state index contributed by atoms with van der Waals surface area (Å²) in [5.41, 5.74) is 2.87. The fourth-order valence-electron chi connectivity index (χ4n) is 4.41. The average Bonchev–Trinajstić information content (AvgIpc) is 2.90. The Hall–Kier alpha value is -1.84. The van der Waals surface area contributed by atoms with Gasteiger partial charge >= 0.3 is 5.97 Å². The van der Waals surface area contributed by atoms with Gasteiger partial charge in [-0.15, -0.1) is 0 Å². The Morgan fingerprint density at radius 3 is 2.78 bits per heavy atom. The fraction of sp³-hybridized carbons (Fsp3) is 0.579. The van der Waals surface area contributed by atoms with Gasteiger partial charge in [-0.1, -0.05) is 24.3 Å². The van der Waals surface area contributed by atoms with Crippen molar-refractivity contribution >= 4 is 11.9 Å². The molecule has 1 saturated heterocycles. The number of likely N-dealkylation sites (tertiary alicyclic amines) is 1. The Labute approximate surface area is 137 Å². The van der Waals surface area contributed by atoms with E-state index in [0.29, 0.717) is 18.6 Å². The van der Waals surface area contributed by atoms with E-state index in [4.69, 9.17) is 4.74 Å². The molecule has 3 rings (SSSR count). The van der Waals surface area contributed by atoms with E-state index in [2.05, 4.69) is 29.2 Å². The van der Waals surface area contributed by atoms with Crippen molar-refractivity contribution in [3.63, 3.8) is 0 Å². The molecule has 4 heteroatoms. The molecule has 1 fully saturated rings. The zero-order chi connectivity index (χ0) is 16.4. The molecule has 0 saturated carbocycles. The number of hydrogen-bond acceptors (Lipinski definition) is 3. The van der Waals surface area contributed by atoms with E-state index in [1.807, 2.05) is 0 Å². The molecule has 0 radical (unpaired) electrons. The molecule has 0 N–H and O–H groups in total. The summed E-state index contributed by atoms with van der Waals surface area (Å²) in [6.07, 6.45) is 4.86. The average molecular weight is 315 g/mol. The van der Waals surface area contributed by atoms with Gasteiger partial charge < -0.3 is 9.64 Å². The molecule has 1 heterocycles. The summed E-state index contributed by atoms with van der Waals surface area (Å²) in [6.45, 7) is 3.56. The summed E-state index contributed by atoms with van der Waals surface area (Å²) in [7, 11) is 0. The summed E-state index contributed by atoms with van der Waals surface area (Å²) in [5.74, 6) is 0.402. The van der Waals surface area contributed by atoms with Gasteiger partial charge in [0.1, 0.15) is 0 Å².